The molecule has 0 heterocycles. The summed E-state index contributed by atoms with van der Waals surface area (Å²) in [5.41, 5.74) is 5.95. The average Bonchev–Trinajstić information content (AvgIpc) is 2.02. The van der Waals surface area contributed by atoms with Crippen molar-refractivity contribution in [2.45, 2.75) is 11.8 Å². The Hall–Kier alpha value is -0.920. The highest BCUT2D eigenvalue weighted by molar-refractivity contribution is 8.93. The van der Waals surface area contributed by atoms with E-state index in [4.69, 9.17) is 10.9 Å². The molecule has 0 aliphatic heterocycles. The summed E-state index contributed by atoms with van der Waals surface area (Å²) in [4.78, 5) is 4.00. The van der Waals surface area contributed by atoms with Crippen LogP contribution in [-0.2, 0) is 10.0 Å². The molecule has 0 atom stereocenters. The van der Waals surface area contributed by atoms with Crippen LogP contribution in [0.4, 0.5) is 5.69 Å². The van der Waals surface area contributed by atoms with Crippen LogP contribution in [0, 0.1) is 0 Å². The number of aliphatic imine (C=N–C) groups is 1. The van der Waals surface area contributed by atoms with E-state index in [-0.39, 0.29) is 21.9 Å². The van der Waals surface area contributed by atoms with E-state index in [1.807, 2.05) is 0 Å². The number of nitrogens with zero attached hydrogens (tertiary/aromatic N) is 1. The molecule has 15 heavy (non-hydrogen) atoms. The zero-order valence-electron chi connectivity index (χ0n) is 8.04. The molecule has 0 saturated heterocycles. The van der Waals surface area contributed by atoms with Crippen molar-refractivity contribution in [2.75, 3.05) is 0 Å². The number of amidine groups is 1. The fraction of sp³-hybridized carbons (Fsp3) is 0.125. The van der Waals surface area contributed by atoms with E-state index in [1.54, 1.807) is 6.92 Å². The number of hydrogen-bond acceptors (Lipinski definition) is 3. The number of halogens is 1. The van der Waals surface area contributed by atoms with Gasteiger partial charge in [-0.05, 0) is 31.2 Å². The van der Waals surface area contributed by atoms with Gasteiger partial charge in [-0.1, -0.05) is 0 Å². The third-order valence-corrected chi connectivity index (χ3v) is 2.40. The van der Waals surface area contributed by atoms with Crippen molar-refractivity contribution in [1.29, 1.82) is 0 Å². The third kappa shape index (κ3) is 4.41. The molecule has 7 heteroatoms. The maximum Gasteiger partial charge on any atom is 0.238 e. The van der Waals surface area contributed by atoms with Crippen LogP contribution < -0.4 is 10.9 Å². The van der Waals surface area contributed by atoms with Gasteiger partial charge in [-0.15, -0.1) is 17.0 Å². The molecule has 0 saturated carbocycles. The smallest absolute Gasteiger partial charge is 0.238 e. The number of primary sulfonamides is 1. The van der Waals surface area contributed by atoms with Crippen LogP contribution in [0.15, 0.2) is 34.2 Å². The molecule has 0 aromatic heterocycles. The predicted molar refractivity (Wildman–Crippen MR) is 65.1 cm³/mol. The highest BCUT2D eigenvalue weighted by Crippen LogP contribution is 2.15. The van der Waals surface area contributed by atoms with Crippen molar-refractivity contribution in [3.63, 3.8) is 0 Å². The van der Waals surface area contributed by atoms with Gasteiger partial charge < -0.3 is 5.73 Å². The first-order valence-corrected chi connectivity index (χ1v) is 5.38. The van der Waals surface area contributed by atoms with Crippen molar-refractivity contribution in [3.05, 3.63) is 24.3 Å². The van der Waals surface area contributed by atoms with Gasteiger partial charge in [0.15, 0.2) is 0 Å². The largest absolute Gasteiger partial charge is 0.387 e. The van der Waals surface area contributed by atoms with E-state index in [0.29, 0.717) is 11.5 Å². The minimum absolute atomic E-state index is 0. The first-order chi connectivity index (χ1) is 6.39. The summed E-state index contributed by atoms with van der Waals surface area (Å²) in [5, 5.41) is 4.92. The SMILES string of the molecule is Br.CC(N)=Nc1ccc(S(N)(=O)=O)cc1. The summed E-state index contributed by atoms with van der Waals surface area (Å²) in [7, 11) is -3.63. The molecule has 0 bridgehead atoms. The van der Waals surface area contributed by atoms with Gasteiger partial charge in [0, 0.05) is 0 Å². The van der Waals surface area contributed by atoms with Crippen LogP contribution in [0.5, 0.6) is 0 Å². The Balaban J connectivity index is 0.00000196. The molecule has 0 spiro atoms. The normalized spacial score (nSPS) is 12.0. The van der Waals surface area contributed by atoms with Crippen LogP contribution in [-0.4, -0.2) is 14.3 Å². The van der Waals surface area contributed by atoms with Crippen molar-refractivity contribution < 1.29 is 8.42 Å². The molecule has 1 rings (SSSR count). The summed E-state index contributed by atoms with van der Waals surface area (Å²) < 4.78 is 21.8. The quantitative estimate of drug-likeness (QED) is 0.626. The topological polar surface area (TPSA) is 98.5 Å². The first kappa shape index (κ1) is 14.1. The van der Waals surface area contributed by atoms with Gasteiger partial charge >= 0.3 is 0 Å². The molecule has 0 radical (unpaired) electrons. The summed E-state index contributed by atoms with van der Waals surface area (Å²) in [6, 6.07) is 5.85. The molecule has 0 unspecified atom stereocenters. The monoisotopic (exact) mass is 293 g/mol. The number of sulfonamides is 1. The third-order valence-electron chi connectivity index (χ3n) is 1.47. The first-order valence-electron chi connectivity index (χ1n) is 3.83. The van der Waals surface area contributed by atoms with Crippen LogP contribution in [0.3, 0.4) is 0 Å². The summed E-state index contributed by atoms with van der Waals surface area (Å²) >= 11 is 0. The van der Waals surface area contributed by atoms with Gasteiger partial charge in [0.2, 0.25) is 10.0 Å². The zero-order valence-corrected chi connectivity index (χ0v) is 10.6. The van der Waals surface area contributed by atoms with E-state index in [9.17, 15) is 8.42 Å². The molecule has 84 valence electrons. The Morgan fingerprint density at radius 1 is 1.27 bits per heavy atom. The van der Waals surface area contributed by atoms with Crippen LogP contribution in [0.2, 0.25) is 0 Å². The van der Waals surface area contributed by atoms with Crippen molar-refractivity contribution in [3.8, 4) is 0 Å². The van der Waals surface area contributed by atoms with E-state index >= 15 is 0 Å². The lowest BCUT2D eigenvalue weighted by Gasteiger charge is -1.98. The zero-order chi connectivity index (χ0) is 10.8. The Morgan fingerprint density at radius 2 is 1.73 bits per heavy atom. The van der Waals surface area contributed by atoms with Crippen molar-refractivity contribution in [1.82, 2.24) is 0 Å². The molecule has 1 aromatic carbocycles. The Morgan fingerprint density at radius 3 is 2.07 bits per heavy atom. The Bertz CT molecular complexity index is 449. The minimum Gasteiger partial charge on any atom is -0.387 e. The lowest BCUT2D eigenvalue weighted by Crippen LogP contribution is -2.11. The Kier molecular flexibility index (Phi) is 4.92. The second kappa shape index (κ2) is 5.24. The van der Waals surface area contributed by atoms with Crippen LogP contribution >= 0.6 is 17.0 Å². The molecular weight excluding hydrogens is 282 g/mol. The molecule has 4 N–H and O–H groups in total. The van der Waals surface area contributed by atoms with Crippen molar-refractivity contribution >= 4 is 38.5 Å². The van der Waals surface area contributed by atoms with Gasteiger partial charge in [0.1, 0.15) is 0 Å². The van der Waals surface area contributed by atoms with E-state index in [0.717, 1.165) is 0 Å². The predicted octanol–water partition coefficient (Wildman–Crippen LogP) is 0.921. The number of benzene rings is 1. The fourth-order valence-electron chi connectivity index (χ4n) is 0.914. The highest BCUT2D eigenvalue weighted by atomic mass is 79.9. The summed E-state index contributed by atoms with van der Waals surface area (Å²) in [6.45, 7) is 1.65. The maximum atomic E-state index is 10.9. The Labute approximate surface area is 99.0 Å². The second-order valence-corrected chi connectivity index (χ2v) is 4.35. The van der Waals surface area contributed by atoms with Gasteiger partial charge in [0.05, 0.1) is 16.4 Å². The molecule has 1 aromatic rings. The van der Waals surface area contributed by atoms with E-state index in [1.165, 1.54) is 24.3 Å². The average molecular weight is 294 g/mol. The van der Waals surface area contributed by atoms with Crippen LogP contribution in [0.1, 0.15) is 6.92 Å². The summed E-state index contributed by atoms with van der Waals surface area (Å²) in [5.74, 6) is 0.411. The molecule has 5 nitrogen and oxygen atoms in total. The minimum atomic E-state index is -3.63. The standard InChI is InChI=1S/C8H11N3O2S.BrH/c1-6(9)11-7-2-4-8(5-3-7)14(10,12)13;/h2-5H,1H3,(H2,9,11)(H2,10,12,13);1H. The maximum absolute atomic E-state index is 10.9. The van der Waals surface area contributed by atoms with Crippen LogP contribution in [0.25, 0.3) is 0 Å². The highest BCUT2D eigenvalue weighted by Gasteiger charge is 2.05. The molecular formula is C8H12BrN3O2S. The van der Waals surface area contributed by atoms with Crippen molar-refractivity contribution in [2.24, 2.45) is 15.9 Å². The number of nitrogens with two attached hydrogens (primary N) is 2. The number of rotatable bonds is 2. The second-order valence-electron chi connectivity index (χ2n) is 2.79. The van der Waals surface area contributed by atoms with E-state index in [2.05, 4.69) is 4.99 Å². The van der Waals surface area contributed by atoms with Gasteiger partial charge in [-0.25, -0.2) is 18.5 Å². The summed E-state index contributed by atoms with van der Waals surface area (Å²) in [6.07, 6.45) is 0. The van der Waals surface area contributed by atoms with E-state index < -0.39 is 10.0 Å². The molecule has 0 aliphatic rings. The lowest BCUT2D eigenvalue weighted by molar-refractivity contribution is 0.598. The lowest BCUT2D eigenvalue weighted by atomic mass is 10.3. The molecule has 0 fully saturated rings. The molecule has 0 aliphatic carbocycles. The van der Waals surface area contributed by atoms with Gasteiger partial charge in [-0.2, -0.15) is 0 Å². The fourth-order valence-corrected chi connectivity index (χ4v) is 1.43. The van der Waals surface area contributed by atoms with Gasteiger partial charge in [0.25, 0.3) is 0 Å². The number of hydrogen-bond donors (Lipinski definition) is 2. The molecule has 0 amide bonds. The van der Waals surface area contributed by atoms with Gasteiger partial charge in [-0.3, -0.25) is 0 Å².